The third-order valence-corrected chi connectivity index (χ3v) is 11.8. The quantitative estimate of drug-likeness (QED) is 0.496. The third-order valence-electron chi connectivity index (χ3n) is 2.94. The molecule has 0 saturated carbocycles. The second kappa shape index (κ2) is 7.06. The molecule has 3 aliphatic rings. The molecule has 0 unspecified atom stereocenters. The van der Waals surface area contributed by atoms with Gasteiger partial charge in [-0.15, -0.1) is 0 Å². The van der Waals surface area contributed by atoms with Crippen molar-refractivity contribution in [3.8, 4) is 9.51 Å². The van der Waals surface area contributed by atoms with E-state index < -0.39 is 16.9 Å². The van der Waals surface area contributed by atoms with Gasteiger partial charge < -0.3 is 0 Å². The van der Waals surface area contributed by atoms with Gasteiger partial charge in [0.15, 0.2) is 0 Å². The van der Waals surface area contributed by atoms with Crippen molar-refractivity contribution >= 4 is 37.8 Å². The molecule has 19 heavy (non-hydrogen) atoms. The predicted molar refractivity (Wildman–Crippen MR) is 81.7 cm³/mol. The molecular formula is C12H23NO3Si2Te. The molecule has 108 valence electrons. The first kappa shape index (κ1) is 16.0. The molecule has 3 saturated heterocycles. The van der Waals surface area contributed by atoms with Crippen LogP contribution in [0.15, 0.2) is 0 Å². The summed E-state index contributed by atoms with van der Waals surface area (Å²) >= 11 is -0.371. The molecule has 3 heterocycles. The van der Waals surface area contributed by atoms with Crippen LogP contribution in [0.25, 0.3) is 0 Å². The van der Waals surface area contributed by atoms with Crippen LogP contribution in [0.4, 0.5) is 0 Å². The fourth-order valence-electron chi connectivity index (χ4n) is 1.89. The maximum absolute atomic E-state index is 6.00. The van der Waals surface area contributed by atoms with E-state index in [0.29, 0.717) is 0 Å². The Morgan fingerprint density at radius 2 is 1.58 bits per heavy atom. The minimum atomic E-state index is -2.38. The van der Waals surface area contributed by atoms with Crippen LogP contribution < -0.4 is 0 Å². The number of fused-ring (bicyclic) bond motifs is 6. The van der Waals surface area contributed by atoms with E-state index in [4.69, 9.17) is 13.3 Å². The zero-order chi connectivity index (χ0) is 13.8. The molecule has 0 aromatic rings. The summed E-state index contributed by atoms with van der Waals surface area (Å²) in [5.41, 5.74) is 3.45. The summed E-state index contributed by atoms with van der Waals surface area (Å²) in [6.45, 7) is 12.2. The molecule has 0 aromatic carbocycles. The van der Waals surface area contributed by atoms with Crippen molar-refractivity contribution in [2.75, 3.05) is 39.5 Å². The van der Waals surface area contributed by atoms with E-state index in [2.05, 4.69) is 34.1 Å². The van der Waals surface area contributed by atoms with Crippen LogP contribution in [0.3, 0.4) is 0 Å². The Kier molecular flexibility index (Phi) is 5.95. The van der Waals surface area contributed by atoms with Gasteiger partial charge in [-0.3, -0.25) is 0 Å². The van der Waals surface area contributed by atoms with E-state index in [0.717, 1.165) is 43.5 Å². The van der Waals surface area contributed by atoms with Crippen LogP contribution >= 0.6 is 0 Å². The van der Waals surface area contributed by atoms with Gasteiger partial charge in [-0.25, -0.2) is 0 Å². The molecule has 7 heteroatoms. The van der Waals surface area contributed by atoms with E-state index in [1.165, 1.54) is 0 Å². The number of rotatable bonds is 2. The Hall–Kier alpha value is 0.623. The molecule has 0 aromatic heterocycles. The van der Waals surface area contributed by atoms with Crippen molar-refractivity contribution in [2.45, 2.75) is 23.7 Å². The molecule has 0 spiro atoms. The molecule has 3 rings (SSSR count). The fourth-order valence-corrected chi connectivity index (χ4v) is 11.7. The van der Waals surface area contributed by atoms with Crippen molar-refractivity contribution in [1.29, 1.82) is 0 Å². The van der Waals surface area contributed by atoms with E-state index in [9.17, 15) is 0 Å². The van der Waals surface area contributed by atoms with E-state index in [1.54, 1.807) is 0 Å². The van der Waals surface area contributed by atoms with Gasteiger partial charge in [-0.2, -0.15) is 0 Å². The molecule has 0 radical (unpaired) electrons. The van der Waals surface area contributed by atoms with Crippen molar-refractivity contribution in [3.63, 3.8) is 0 Å². The van der Waals surface area contributed by atoms with Crippen LogP contribution in [0, 0.1) is 9.51 Å². The molecule has 2 bridgehead atoms. The van der Waals surface area contributed by atoms with Crippen LogP contribution in [0.1, 0.15) is 0 Å². The Morgan fingerprint density at radius 1 is 1.05 bits per heavy atom. The molecular weight excluding hydrogens is 390 g/mol. The van der Waals surface area contributed by atoms with E-state index >= 15 is 0 Å². The van der Waals surface area contributed by atoms with Crippen molar-refractivity contribution in [3.05, 3.63) is 0 Å². The summed E-state index contributed by atoms with van der Waals surface area (Å²) in [6, 6.07) is 0. The van der Waals surface area contributed by atoms with Crippen molar-refractivity contribution in [2.24, 2.45) is 0 Å². The van der Waals surface area contributed by atoms with Crippen LogP contribution in [-0.2, 0) is 13.3 Å². The zero-order valence-corrected chi connectivity index (χ0v) is 16.4. The first-order valence-corrected chi connectivity index (χ1v) is 15.0. The number of hydrogen-bond donors (Lipinski definition) is 0. The normalized spacial score (nSPS) is 31.8. The van der Waals surface area contributed by atoms with Crippen LogP contribution in [0.5, 0.6) is 0 Å². The predicted octanol–water partition coefficient (Wildman–Crippen LogP) is 0.804. The molecule has 3 fully saturated rings. The Labute approximate surface area is 128 Å². The van der Waals surface area contributed by atoms with Gasteiger partial charge in [0.1, 0.15) is 0 Å². The van der Waals surface area contributed by atoms with Gasteiger partial charge in [-0.05, 0) is 0 Å². The molecule has 0 aliphatic carbocycles. The summed E-state index contributed by atoms with van der Waals surface area (Å²) < 4.78 is 22.4. The summed E-state index contributed by atoms with van der Waals surface area (Å²) in [7, 11) is -3.62. The fraction of sp³-hybridized carbons (Fsp3) is 0.833. The van der Waals surface area contributed by atoms with Gasteiger partial charge in [-0.1, -0.05) is 0 Å². The average molecular weight is 413 g/mol. The summed E-state index contributed by atoms with van der Waals surface area (Å²) in [5, 5.41) is 0. The second-order valence-electron chi connectivity index (χ2n) is 5.84. The van der Waals surface area contributed by atoms with Gasteiger partial charge >= 0.3 is 129 Å². The third kappa shape index (κ3) is 5.49. The van der Waals surface area contributed by atoms with Gasteiger partial charge in [0.05, 0.1) is 0 Å². The molecule has 0 N–H and O–H groups in total. The number of hydrogen-bond acceptors (Lipinski definition) is 4. The summed E-state index contributed by atoms with van der Waals surface area (Å²) in [6.07, 6.45) is 0. The monoisotopic (exact) mass is 415 g/mol. The van der Waals surface area contributed by atoms with Gasteiger partial charge in [0, 0.05) is 0 Å². The SMILES string of the molecule is C[Si](C)(C)C#C[Te]C[Si]12OCCN(CCO1)CCO2. The Morgan fingerprint density at radius 3 is 2.05 bits per heavy atom. The summed E-state index contributed by atoms with van der Waals surface area (Å²) in [4.78, 5) is 2.35. The first-order valence-electron chi connectivity index (χ1n) is 6.77. The molecule has 3 aliphatic heterocycles. The van der Waals surface area contributed by atoms with Gasteiger partial charge in [0.25, 0.3) is 0 Å². The van der Waals surface area contributed by atoms with Crippen LogP contribution in [0.2, 0.25) is 23.7 Å². The molecule has 0 atom stereocenters. The average Bonchev–Trinajstić information content (AvgIpc) is 2.23. The van der Waals surface area contributed by atoms with E-state index in [-0.39, 0.29) is 20.9 Å². The maximum atomic E-state index is 6.00. The Balaban J connectivity index is 1.92. The van der Waals surface area contributed by atoms with Crippen molar-refractivity contribution < 1.29 is 13.3 Å². The topological polar surface area (TPSA) is 30.9 Å². The van der Waals surface area contributed by atoms with Gasteiger partial charge in [0.2, 0.25) is 0 Å². The second-order valence-corrected chi connectivity index (χ2v) is 17.0. The summed E-state index contributed by atoms with van der Waals surface area (Å²) in [5.74, 6) is 0. The zero-order valence-electron chi connectivity index (χ0n) is 12.0. The first-order chi connectivity index (χ1) is 8.99. The van der Waals surface area contributed by atoms with Crippen LogP contribution in [-0.4, -0.2) is 82.2 Å². The van der Waals surface area contributed by atoms with E-state index in [1.807, 2.05) is 0 Å². The Bertz CT molecular complexity index is 338. The van der Waals surface area contributed by atoms with Crippen molar-refractivity contribution in [1.82, 2.24) is 4.90 Å². The molecule has 0 amide bonds. The number of nitrogens with zero attached hydrogens (tertiary/aromatic N) is 1. The minimum absolute atomic E-state index is 0.371. The molecule has 4 nitrogen and oxygen atoms in total. The standard InChI is InChI=1S/C12H23NO3Si2Te/c1-17(2,3)10-11-19-12-18-14-7-4-13(5-8-15-18)6-9-16-18/h4-9,12H2,1-3H3.